The van der Waals surface area contributed by atoms with Gasteiger partial charge < -0.3 is 15.4 Å². The van der Waals surface area contributed by atoms with E-state index in [-0.39, 0.29) is 23.1 Å². The number of rotatable bonds is 15. The summed E-state index contributed by atoms with van der Waals surface area (Å²) in [5.74, 6) is 0.154. The highest BCUT2D eigenvalue weighted by atomic mass is 28.3. The van der Waals surface area contributed by atoms with E-state index in [0.717, 1.165) is 54.4 Å². The minimum absolute atomic E-state index is 0.104. The largest absolute Gasteiger partial charge is 0.360 e. The zero-order valence-electron chi connectivity index (χ0n) is 27.6. The Hall–Kier alpha value is -3.24. The molecule has 5 rings (SSSR count). The van der Waals surface area contributed by atoms with Gasteiger partial charge in [0.25, 0.3) is 5.91 Å². The van der Waals surface area contributed by atoms with E-state index in [9.17, 15) is 9.59 Å². The molecule has 44 heavy (non-hydrogen) atoms. The van der Waals surface area contributed by atoms with Crippen LogP contribution in [0.3, 0.4) is 0 Å². The number of nitrogens with zero attached hydrogens (tertiary/aromatic N) is 4. The van der Waals surface area contributed by atoms with E-state index in [1.807, 2.05) is 42.8 Å². The average Bonchev–Trinajstić information content (AvgIpc) is 3.87. The lowest BCUT2D eigenvalue weighted by atomic mass is 9.83. The molecule has 0 unspecified atom stereocenters. The number of carbonyl (C=O) groups excluding carboxylic acids is 2. The van der Waals surface area contributed by atoms with Crippen molar-refractivity contribution in [3.8, 4) is 11.1 Å². The fourth-order valence-corrected chi connectivity index (χ4v) is 6.89. The topological polar surface area (TPSA) is 103 Å². The van der Waals surface area contributed by atoms with Crippen LogP contribution in [0, 0.1) is 31.1 Å². The number of hydrogen-bond donors (Lipinski definition) is 2. The summed E-state index contributed by atoms with van der Waals surface area (Å²) in [6.45, 7) is 17.2. The predicted molar refractivity (Wildman–Crippen MR) is 177 cm³/mol. The van der Waals surface area contributed by atoms with Gasteiger partial charge in [0.2, 0.25) is 5.91 Å². The molecule has 2 heterocycles. The standard InChI is InChI=1S/C34H50N6O3Si/c1-8-39-29(15-18-35-39)32(41)37-31(28(25-9-10-25)21-34(4)16-17-34)33(42)36-27-13-11-26(12-14-27)30-23(2)38-40(24(30)3)22-43-19-20-44(5,6)7/h11-15,18,25,28,31H,8-10,16-17,19-22H2,1-7H3,(H,36,42)(H,37,41)/t28-,31+/m1/s1. The molecule has 2 aromatic heterocycles. The smallest absolute Gasteiger partial charge is 0.270 e. The number of benzene rings is 1. The molecule has 0 aliphatic heterocycles. The van der Waals surface area contributed by atoms with Gasteiger partial charge in [-0.05, 0) is 99.9 Å². The van der Waals surface area contributed by atoms with Gasteiger partial charge in [-0.15, -0.1) is 0 Å². The summed E-state index contributed by atoms with van der Waals surface area (Å²) in [4.78, 5) is 27.3. The molecule has 9 nitrogen and oxygen atoms in total. The van der Waals surface area contributed by atoms with Crippen LogP contribution in [0.25, 0.3) is 11.1 Å². The fourth-order valence-electron chi connectivity index (χ4n) is 6.14. The zero-order valence-corrected chi connectivity index (χ0v) is 28.6. The van der Waals surface area contributed by atoms with Crippen LogP contribution >= 0.6 is 0 Å². The van der Waals surface area contributed by atoms with Crippen molar-refractivity contribution < 1.29 is 14.3 Å². The summed E-state index contributed by atoms with van der Waals surface area (Å²) in [5.41, 5.74) is 5.59. The molecule has 238 valence electrons. The van der Waals surface area contributed by atoms with Crippen molar-refractivity contribution in [2.24, 2.45) is 17.3 Å². The van der Waals surface area contributed by atoms with E-state index in [2.05, 4.69) is 49.2 Å². The molecule has 2 aliphatic carbocycles. The van der Waals surface area contributed by atoms with Crippen molar-refractivity contribution in [3.05, 3.63) is 53.6 Å². The van der Waals surface area contributed by atoms with E-state index in [0.29, 0.717) is 30.6 Å². The molecular weight excluding hydrogens is 568 g/mol. The molecule has 2 N–H and O–H groups in total. The molecule has 2 aliphatic rings. The van der Waals surface area contributed by atoms with Crippen LogP contribution < -0.4 is 10.6 Å². The minimum Gasteiger partial charge on any atom is -0.360 e. The number of aromatic nitrogens is 4. The van der Waals surface area contributed by atoms with Gasteiger partial charge in [0.05, 0.1) is 5.69 Å². The van der Waals surface area contributed by atoms with Crippen molar-refractivity contribution in [2.75, 3.05) is 11.9 Å². The molecule has 3 aromatic rings. The first-order valence-corrected chi connectivity index (χ1v) is 19.9. The molecule has 2 saturated carbocycles. The third kappa shape index (κ3) is 7.88. The van der Waals surface area contributed by atoms with Gasteiger partial charge >= 0.3 is 0 Å². The first-order chi connectivity index (χ1) is 20.9. The Morgan fingerprint density at radius 2 is 1.80 bits per heavy atom. The number of carbonyl (C=O) groups is 2. The van der Waals surface area contributed by atoms with E-state index in [4.69, 9.17) is 9.84 Å². The quantitative estimate of drug-likeness (QED) is 0.147. The van der Waals surface area contributed by atoms with Crippen molar-refractivity contribution in [1.82, 2.24) is 24.9 Å². The lowest BCUT2D eigenvalue weighted by Gasteiger charge is -2.29. The molecule has 2 fully saturated rings. The van der Waals surface area contributed by atoms with Crippen LogP contribution in [0.1, 0.15) is 67.8 Å². The van der Waals surface area contributed by atoms with Gasteiger partial charge in [0, 0.05) is 44.4 Å². The maximum Gasteiger partial charge on any atom is 0.270 e. The van der Waals surface area contributed by atoms with Gasteiger partial charge in [-0.2, -0.15) is 10.2 Å². The zero-order chi connectivity index (χ0) is 31.6. The summed E-state index contributed by atoms with van der Waals surface area (Å²) in [6.07, 6.45) is 7.17. The Bertz CT molecular complexity index is 1460. The molecule has 0 saturated heterocycles. The number of ether oxygens (including phenoxy) is 1. The molecule has 0 bridgehead atoms. The highest BCUT2D eigenvalue weighted by molar-refractivity contribution is 6.76. The second-order valence-corrected chi connectivity index (χ2v) is 20.1. The minimum atomic E-state index is -1.14. The third-order valence-electron chi connectivity index (χ3n) is 9.34. The molecule has 10 heteroatoms. The van der Waals surface area contributed by atoms with E-state index in [1.54, 1.807) is 16.9 Å². The van der Waals surface area contributed by atoms with Gasteiger partial charge in [-0.1, -0.05) is 38.7 Å². The van der Waals surface area contributed by atoms with Crippen LogP contribution in [0.15, 0.2) is 36.5 Å². The van der Waals surface area contributed by atoms with Crippen molar-refractivity contribution in [3.63, 3.8) is 0 Å². The average molecular weight is 619 g/mol. The lowest BCUT2D eigenvalue weighted by Crippen LogP contribution is -2.50. The first kappa shape index (κ1) is 32.2. The number of amides is 2. The van der Waals surface area contributed by atoms with E-state index in [1.165, 1.54) is 12.8 Å². The Morgan fingerprint density at radius 3 is 2.41 bits per heavy atom. The van der Waals surface area contributed by atoms with Crippen LogP contribution in [0.2, 0.25) is 25.7 Å². The van der Waals surface area contributed by atoms with Crippen LogP contribution in [0.5, 0.6) is 0 Å². The van der Waals surface area contributed by atoms with Gasteiger partial charge in [0.1, 0.15) is 18.5 Å². The van der Waals surface area contributed by atoms with Crippen LogP contribution in [0.4, 0.5) is 5.69 Å². The van der Waals surface area contributed by atoms with Gasteiger partial charge in [0.15, 0.2) is 0 Å². The molecule has 2 atom stereocenters. The number of anilines is 1. The SMILES string of the molecule is CCn1nccc1C(=O)N[C@H](C(=O)Nc1ccc(-c2c(C)nn(COCC[Si](C)(C)C)c2C)cc1)[C@H](CC1(C)CC1)C1CC1. The summed E-state index contributed by atoms with van der Waals surface area (Å²) in [6, 6.07) is 10.2. The molecular formula is C34H50N6O3Si. The maximum atomic E-state index is 13.9. The molecule has 2 amide bonds. The Balaban J connectivity index is 1.30. The van der Waals surface area contributed by atoms with E-state index < -0.39 is 14.1 Å². The fraction of sp³-hybridized carbons (Fsp3) is 0.588. The summed E-state index contributed by atoms with van der Waals surface area (Å²) < 4.78 is 9.56. The molecule has 1 aromatic carbocycles. The highest BCUT2D eigenvalue weighted by Crippen LogP contribution is 2.54. The van der Waals surface area contributed by atoms with Crippen molar-refractivity contribution >= 4 is 25.6 Å². The summed E-state index contributed by atoms with van der Waals surface area (Å²) >= 11 is 0. The third-order valence-corrected chi connectivity index (χ3v) is 11.0. The Kier molecular flexibility index (Phi) is 9.51. The number of nitrogens with one attached hydrogen (secondary N) is 2. The second kappa shape index (κ2) is 13.0. The van der Waals surface area contributed by atoms with Crippen molar-refractivity contribution in [2.45, 2.75) is 105 Å². The van der Waals surface area contributed by atoms with Gasteiger partial charge in [-0.25, -0.2) is 4.68 Å². The molecule has 0 radical (unpaired) electrons. The first-order valence-electron chi connectivity index (χ1n) is 16.2. The molecule has 0 spiro atoms. The van der Waals surface area contributed by atoms with Crippen LogP contribution in [-0.4, -0.2) is 52.1 Å². The van der Waals surface area contributed by atoms with Crippen LogP contribution in [-0.2, 0) is 22.8 Å². The lowest BCUT2D eigenvalue weighted by molar-refractivity contribution is -0.119. The summed E-state index contributed by atoms with van der Waals surface area (Å²) in [7, 11) is -1.14. The predicted octanol–water partition coefficient (Wildman–Crippen LogP) is 6.65. The maximum absolute atomic E-state index is 13.9. The second-order valence-electron chi connectivity index (χ2n) is 14.5. The Labute approximate surface area is 263 Å². The normalized spacial score (nSPS) is 17.2. The number of hydrogen-bond acceptors (Lipinski definition) is 5. The highest BCUT2D eigenvalue weighted by Gasteiger charge is 2.48. The van der Waals surface area contributed by atoms with E-state index >= 15 is 0 Å². The van der Waals surface area contributed by atoms with Crippen molar-refractivity contribution in [1.29, 1.82) is 0 Å². The summed E-state index contributed by atoms with van der Waals surface area (Å²) in [5, 5.41) is 15.3. The Morgan fingerprint density at radius 1 is 1.09 bits per heavy atom. The number of aryl methyl sites for hydroxylation is 2. The monoisotopic (exact) mass is 618 g/mol. The van der Waals surface area contributed by atoms with Gasteiger partial charge in [-0.3, -0.25) is 14.3 Å².